The monoisotopic (exact) mass is 215 g/mol. The van der Waals surface area contributed by atoms with Gasteiger partial charge in [-0.05, 0) is 18.6 Å². The van der Waals surface area contributed by atoms with Gasteiger partial charge in [-0.15, -0.1) is 0 Å². The maximum atomic E-state index is 9.45. The Labute approximate surface area is 96.0 Å². The van der Waals surface area contributed by atoms with Crippen molar-refractivity contribution in [2.75, 3.05) is 6.61 Å². The summed E-state index contributed by atoms with van der Waals surface area (Å²) in [6.07, 6.45) is 0. The fourth-order valence-electron chi connectivity index (χ4n) is 1.88. The molecule has 0 bridgehead atoms. The van der Waals surface area contributed by atoms with E-state index in [1.54, 1.807) is 0 Å². The van der Waals surface area contributed by atoms with Crippen LogP contribution in [0.3, 0.4) is 0 Å². The average molecular weight is 215 g/mol. The highest BCUT2D eigenvalue weighted by molar-refractivity contribution is 5.82. The molecule has 0 saturated carbocycles. The Bertz CT molecular complexity index is 517. The smallest absolute Gasteiger partial charge is 0.0743 e. The second kappa shape index (κ2) is 3.87. The third-order valence-corrected chi connectivity index (χ3v) is 2.98. The van der Waals surface area contributed by atoms with Crippen molar-refractivity contribution in [2.24, 2.45) is 0 Å². The van der Waals surface area contributed by atoms with E-state index in [9.17, 15) is 5.11 Å². The number of nitrogens with zero attached hydrogens (tertiary/aromatic N) is 1. The zero-order valence-corrected chi connectivity index (χ0v) is 9.99. The molecule has 2 rings (SSSR count). The highest BCUT2D eigenvalue weighted by Gasteiger charge is 2.22. The number of pyridine rings is 1. The van der Waals surface area contributed by atoms with Gasteiger partial charge in [0.25, 0.3) is 0 Å². The highest BCUT2D eigenvalue weighted by atomic mass is 16.3. The van der Waals surface area contributed by atoms with Gasteiger partial charge in [-0.2, -0.15) is 0 Å². The van der Waals surface area contributed by atoms with Crippen molar-refractivity contribution in [1.29, 1.82) is 0 Å². The Balaban J connectivity index is 2.74. The first kappa shape index (κ1) is 11.1. The summed E-state index contributed by atoms with van der Waals surface area (Å²) in [6.45, 7) is 6.18. The summed E-state index contributed by atoms with van der Waals surface area (Å²) in [7, 11) is 0. The van der Waals surface area contributed by atoms with E-state index in [1.807, 2.05) is 39.0 Å². The number of hydrogen-bond acceptors (Lipinski definition) is 2. The van der Waals surface area contributed by atoms with Crippen LogP contribution in [0.5, 0.6) is 0 Å². The molecule has 0 amide bonds. The van der Waals surface area contributed by atoms with Crippen LogP contribution in [0.4, 0.5) is 0 Å². The summed E-state index contributed by atoms with van der Waals surface area (Å²) in [5.74, 6) is 0. The summed E-state index contributed by atoms with van der Waals surface area (Å²) in [5, 5.41) is 10.6. The molecule has 2 aromatic rings. The van der Waals surface area contributed by atoms with Gasteiger partial charge in [-0.3, -0.25) is 4.98 Å². The third kappa shape index (κ3) is 1.81. The van der Waals surface area contributed by atoms with E-state index in [2.05, 4.69) is 17.1 Å². The average Bonchev–Trinajstić information content (AvgIpc) is 2.28. The molecule has 84 valence electrons. The summed E-state index contributed by atoms with van der Waals surface area (Å²) in [4.78, 5) is 4.58. The normalized spacial score (nSPS) is 12.0. The van der Waals surface area contributed by atoms with Crippen LogP contribution in [-0.2, 0) is 5.41 Å². The summed E-state index contributed by atoms with van der Waals surface area (Å²) < 4.78 is 0. The number of aryl methyl sites for hydroxylation is 1. The quantitative estimate of drug-likeness (QED) is 0.835. The fraction of sp³-hybridized carbons (Fsp3) is 0.357. The Kier molecular flexibility index (Phi) is 2.68. The van der Waals surface area contributed by atoms with E-state index < -0.39 is 0 Å². The van der Waals surface area contributed by atoms with Crippen LogP contribution in [0.2, 0.25) is 0 Å². The minimum absolute atomic E-state index is 0.127. The van der Waals surface area contributed by atoms with Crippen LogP contribution >= 0.6 is 0 Å². The van der Waals surface area contributed by atoms with Crippen molar-refractivity contribution in [2.45, 2.75) is 26.2 Å². The van der Waals surface area contributed by atoms with Gasteiger partial charge >= 0.3 is 0 Å². The standard InChI is InChI=1S/C14H17NO/c1-10-7-8-11-5-4-6-12(13(11)15-10)14(2,3)9-16/h4-8,16H,9H2,1-3H3. The predicted octanol–water partition coefficient (Wildman–Crippen LogP) is 2.81. The minimum Gasteiger partial charge on any atom is -0.395 e. The number of hydrogen-bond donors (Lipinski definition) is 1. The topological polar surface area (TPSA) is 33.1 Å². The predicted molar refractivity (Wildman–Crippen MR) is 66.6 cm³/mol. The van der Waals surface area contributed by atoms with Gasteiger partial charge in [-0.25, -0.2) is 0 Å². The zero-order chi connectivity index (χ0) is 11.8. The number of aromatic nitrogens is 1. The van der Waals surface area contributed by atoms with Gasteiger partial charge in [0.1, 0.15) is 0 Å². The molecule has 0 radical (unpaired) electrons. The van der Waals surface area contributed by atoms with E-state index in [-0.39, 0.29) is 12.0 Å². The lowest BCUT2D eigenvalue weighted by Crippen LogP contribution is -2.22. The van der Waals surface area contributed by atoms with Crippen LogP contribution < -0.4 is 0 Å². The fourth-order valence-corrected chi connectivity index (χ4v) is 1.88. The van der Waals surface area contributed by atoms with E-state index >= 15 is 0 Å². The van der Waals surface area contributed by atoms with Crippen molar-refractivity contribution < 1.29 is 5.11 Å². The lowest BCUT2D eigenvalue weighted by atomic mass is 9.84. The first-order valence-corrected chi connectivity index (χ1v) is 5.52. The first-order valence-electron chi connectivity index (χ1n) is 5.52. The number of rotatable bonds is 2. The lowest BCUT2D eigenvalue weighted by molar-refractivity contribution is 0.219. The second-order valence-electron chi connectivity index (χ2n) is 4.87. The van der Waals surface area contributed by atoms with E-state index in [0.717, 1.165) is 22.2 Å². The maximum Gasteiger partial charge on any atom is 0.0743 e. The van der Waals surface area contributed by atoms with Gasteiger partial charge in [0.15, 0.2) is 0 Å². The van der Waals surface area contributed by atoms with Crippen LogP contribution in [0.1, 0.15) is 25.1 Å². The van der Waals surface area contributed by atoms with Crippen molar-refractivity contribution in [3.05, 3.63) is 41.6 Å². The van der Waals surface area contributed by atoms with Gasteiger partial charge in [0.05, 0.1) is 12.1 Å². The Hall–Kier alpha value is -1.41. The first-order chi connectivity index (χ1) is 7.54. The zero-order valence-electron chi connectivity index (χ0n) is 9.99. The molecule has 2 heteroatoms. The number of aliphatic hydroxyl groups is 1. The SMILES string of the molecule is Cc1ccc2cccc(C(C)(C)CO)c2n1. The third-order valence-electron chi connectivity index (χ3n) is 2.98. The molecule has 1 aromatic heterocycles. The molecule has 0 fully saturated rings. The van der Waals surface area contributed by atoms with E-state index in [4.69, 9.17) is 0 Å². The molecular weight excluding hydrogens is 198 g/mol. The molecule has 1 heterocycles. The lowest BCUT2D eigenvalue weighted by Gasteiger charge is -2.23. The minimum atomic E-state index is -0.250. The van der Waals surface area contributed by atoms with Crippen LogP contribution in [-0.4, -0.2) is 16.7 Å². The summed E-state index contributed by atoms with van der Waals surface area (Å²) >= 11 is 0. The molecule has 1 aromatic carbocycles. The van der Waals surface area contributed by atoms with Gasteiger partial charge in [0, 0.05) is 16.5 Å². The second-order valence-corrected chi connectivity index (χ2v) is 4.87. The Morgan fingerprint density at radius 3 is 2.62 bits per heavy atom. The molecule has 0 aliphatic rings. The molecule has 0 saturated heterocycles. The molecular formula is C14H17NO. The molecule has 0 aliphatic carbocycles. The molecule has 0 unspecified atom stereocenters. The maximum absolute atomic E-state index is 9.45. The van der Waals surface area contributed by atoms with Gasteiger partial charge < -0.3 is 5.11 Å². The van der Waals surface area contributed by atoms with Crippen LogP contribution in [0, 0.1) is 6.92 Å². The van der Waals surface area contributed by atoms with Crippen molar-refractivity contribution in [3.8, 4) is 0 Å². The largest absolute Gasteiger partial charge is 0.395 e. The molecule has 0 atom stereocenters. The van der Waals surface area contributed by atoms with Crippen molar-refractivity contribution in [3.63, 3.8) is 0 Å². The number of fused-ring (bicyclic) bond motifs is 1. The molecule has 0 aliphatic heterocycles. The Morgan fingerprint density at radius 1 is 1.19 bits per heavy atom. The number of aliphatic hydroxyl groups excluding tert-OH is 1. The molecule has 2 nitrogen and oxygen atoms in total. The molecule has 1 N–H and O–H groups in total. The van der Waals surface area contributed by atoms with Crippen LogP contribution in [0.25, 0.3) is 10.9 Å². The van der Waals surface area contributed by atoms with Crippen molar-refractivity contribution >= 4 is 10.9 Å². The highest BCUT2D eigenvalue weighted by Crippen LogP contribution is 2.28. The number of benzene rings is 1. The number of para-hydroxylation sites is 1. The molecule has 0 spiro atoms. The summed E-state index contributed by atoms with van der Waals surface area (Å²) in [5.41, 5.74) is 2.87. The van der Waals surface area contributed by atoms with Gasteiger partial charge in [-0.1, -0.05) is 38.1 Å². The van der Waals surface area contributed by atoms with E-state index in [0.29, 0.717) is 0 Å². The Morgan fingerprint density at radius 2 is 1.94 bits per heavy atom. The van der Waals surface area contributed by atoms with Crippen LogP contribution in [0.15, 0.2) is 30.3 Å². The molecule has 16 heavy (non-hydrogen) atoms. The summed E-state index contributed by atoms with van der Waals surface area (Å²) in [6, 6.07) is 10.2. The van der Waals surface area contributed by atoms with E-state index in [1.165, 1.54) is 0 Å². The van der Waals surface area contributed by atoms with Gasteiger partial charge in [0.2, 0.25) is 0 Å². The van der Waals surface area contributed by atoms with Crippen molar-refractivity contribution in [1.82, 2.24) is 4.98 Å².